The van der Waals surface area contributed by atoms with Gasteiger partial charge in [0.15, 0.2) is 0 Å². The van der Waals surface area contributed by atoms with Crippen LogP contribution in [0.15, 0.2) is 42.9 Å². The number of esters is 1. The minimum atomic E-state index is -1.02. The van der Waals surface area contributed by atoms with E-state index in [4.69, 9.17) is 14.2 Å². The Labute approximate surface area is 159 Å². The molecule has 0 fully saturated rings. The van der Waals surface area contributed by atoms with Crippen molar-refractivity contribution in [1.82, 2.24) is 9.55 Å². The van der Waals surface area contributed by atoms with Gasteiger partial charge < -0.3 is 18.8 Å². The molecule has 0 N–H and O–H groups in total. The summed E-state index contributed by atoms with van der Waals surface area (Å²) in [7, 11) is 0. The van der Waals surface area contributed by atoms with Crippen LogP contribution in [0, 0.1) is 0 Å². The molecule has 2 rings (SSSR count). The van der Waals surface area contributed by atoms with Crippen LogP contribution in [0.25, 0.3) is 0 Å². The largest absolute Gasteiger partial charge is 0.508 e. The average Bonchev–Trinajstić information content (AvgIpc) is 3.09. The van der Waals surface area contributed by atoms with Crippen molar-refractivity contribution in [1.29, 1.82) is 0 Å². The number of hydrogen-bond acceptors (Lipinski definition) is 6. The molecule has 146 valence electrons. The summed E-state index contributed by atoms with van der Waals surface area (Å²) in [5.74, 6) is -0.541. The number of imidazole rings is 1. The van der Waals surface area contributed by atoms with Crippen LogP contribution in [0.2, 0.25) is 0 Å². The lowest BCUT2D eigenvalue weighted by Crippen LogP contribution is -2.35. The minimum Gasteiger partial charge on any atom is -0.451 e. The Morgan fingerprint density at radius 2 is 1.81 bits per heavy atom. The van der Waals surface area contributed by atoms with Gasteiger partial charge in [-0.1, -0.05) is 30.3 Å². The van der Waals surface area contributed by atoms with Gasteiger partial charge in [-0.15, -0.1) is 0 Å². The Morgan fingerprint density at radius 3 is 2.44 bits per heavy atom. The first-order valence-electron chi connectivity index (χ1n) is 8.83. The van der Waals surface area contributed by atoms with Crippen LogP contribution >= 0.6 is 0 Å². The third-order valence-corrected chi connectivity index (χ3v) is 3.81. The average molecular weight is 374 g/mol. The molecule has 0 spiro atoms. The predicted molar refractivity (Wildman–Crippen MR) is 99.5 cm³/mol. The van der Waals surface area contributed by atoms with E-state index < -0.39 is 17.7 Å². The van der Waals surface area contributed by atoms with Crippen molar-refractivity contribution in [2.75, 3.05) is 6.61 Å². The number of hydrogen-bond donors (Lipinski definition) is 0. The number of nitrogens with zero attached hydrogens (tertiary/aromatic N) is 2. The van der Waals surface area contributed by atoms with E-state index in [9.17, 15) is 9.59 Å². The first kappa shape index (κ1) is 20.5. The normalized spacial score (nSPS) is 12.5. The zero-order valence-electron chi connectivity index (χ0n) is 16.3. The van der Waals surface area contributed by atoms with E-state index in [-0.39, 0.29) is 18.8 Å². The first-order valence-corrected chi connectivity index (χ1v) is 8.83. The lowest BCUT2D eigenvalue weighted by Gasteiger charge is -2.25. The van der Waals surface area contributed by atoms with Gasteiger partial charge in [0.1, 0.15) is 17.9 Å². The number of rotatable bonds is 7. The van der Waals surface area contributed by atoms with Crippen LogP contribution in [-0.2, 0) is 14.2 Å². The molecule has 0 unspecified atom stereocenters. The van der Waals surface area contributed by atoms with Crippen molar-refractivity contribution in [2.24, 2.45) is 0 Å². The molecule has 0 saturated carbocycles. The Bertz CT molecular complexity index is 768. The Morgan fingerprint density at radius 1 is 1.15 bits per heavy atom. The molecule has 2 aromatic rings. The topological polar surface area (TPSA) is 79.7 Å². The summed E-state index contributed by atoms with van der Waals surface area (Å²) in [6.07, 6.45) is 1.98. The summed E-state index contributed by atoms with van der Waals surface area (Å²) >= 11 is 0. The molecule has 7 nitrogen and oxygen atoms in total. The molecule has 0 aliphatic rings. The number of aromatic nitrogens is 2. The molecule has 0 aliphatic carbocycles. The van der Waals surface area contributed by atoms with Gasteiger partial charge in [0.2, 0.25) is 0 Å². The Hall–Kier alpha value is -2.83. The van der Waals surface area contributed by atoms with E-state index in [1.54, 1.807) is 38.6 Å². The molecule has 0 saturated heterocycles. The number of carbonyl (C=O) groups excluding carboxylic acids is 2. The molecular formula is C20H26N2O5. The van der Waals surface area contributed by atoms with Crippen LogP contribution in [0.4, 0.5) is 4.79 Å². The molecule has 0 aliphatic heterocycles. The molecule has 0 radical (unpaired) electrons. The van der Waals surface area contributed by atoms with E-state index in [1.807, 2.05) is 37.3 Å². The van der Waals surface area contributed by atoms with Gasteiger partial charge in [-0.25, -0.2) is 14.6 Å². The van der Waals surface area contributed by atoms with E-state index in [2.05, 4.69) is 4.98 Å². The van der Waals surface area contributed by atoms with E-state index >= 15 is 0 Å². The second-order valence-electron chi connectivity index (χ2n) is 7.13. The van der Waals surface area contributed by atoms with E-state index in [0.717, 1.165) is 5.56 Å². The molecule has 1 aromatic heterocycles. The summed E-state index contributed by atoms with van der Waals surface area (Å²) in [5, 5.41) is 0. The summed E-state index contributed by atoms with van der Waals surface area (Å²) in [6, 6.07) is 9.70. The monoisotopic (exact) mass is 374 g/mol. The van der Waals surface area contributed by atoms with Gasteiger partial charge in [-0.05, 0) is 40.2 Å². The predicted octanol–water partition coefficient (Wildman–Crippen LogP) is 3.99. The second kappa shape index (κ2) is 8.70. The zero-order valence-corrected chi connectivity index (χ0v) is 16.3. The maximum Gasteiger partial charge on any atom is 0.508 e. The van der Waals surface area contributed by atoms with Crippen LogP contribution < -0.4 is 0 Å². The first-order chi connectivity index (χ1) is 12.7. The fraction of sp³-hybridized carbons (Fsp3) is 0.450. The van der Waals surface area contributed by atoms with E-state index in [0.29, 0.717) is 5.69 Å². The smallest absolute Gasteiger partial charge is 0.451 e. The lowest BCUT2D eigenvalue weighted by atomic mass is 10.1. The SMILES string of the molecule is CC(C)OC(=O)OCC(C)(C)OC(=O)c1cncn1[C@H](C)c1ccccc1. The van der Waals surface area contributed by atoms with Gasteiger partial charge in [0.05, 0.1) is 24.7 Å². The quantitative estimate of drug-likeness (QED) is 0.682. The molecule has 7 heteroatoms. The van der Waals surface area contributed by atoms with Gasteiger partial charge in [-0.3, -0.25) is 0 Å². The number of ether oxygens (including phenoxy) is 3. The van der Waals surface area contributed by atoms with Gasteiger partial charge in [0, 0.05) is 0 Å². The molecule has 1 aromatic carbocycles. The van der Waals surface area contributed by atoms with Crippen molar-refractivity contribution < 1.29 is 23.8 Å². The standard InChI is InChI=1S/C20H26N2O5/c1-14(2)26-19(24)25-12-20(4,5)27-18(23)17-11-21-13-22(17)15(3)16-9-7-6-8-10-16/h6-11,13-15H,12H2,1-5H3/t15-/m1/s1. The highest BCUT2D eigenvalue weighted by Gasteiger charge is 2.28. The Balaban J connectivity index is 2.04. The van der Waals surface area contributed by atoms with Crippen LogP contribution in [0.5, 0.6) is 0 Å². The maximum absolute atomic E-state index is 12.6. The molecule has 1 atom stereocenters. The number of benzene rings is 1. The minimum absolute atomic E-state index is 0.0865. The van der Waals surface area contributed by atoms with Crippen molar-refractivity contribution >= 4 is 12.1 Å². The van der Waals surface area contributed by atoms with Gasteiger partial charge in [-0.2, -0.15) is 0 Å². The summed E-state index contributed by atoms with van der Waals surface area (Å²) in [4.78, 5) is 28.2. The summed E-state index contributed by atoms with van der Waals surface area (Å²) < 4.78 is 17.2. The van der Waals surface area contributed by atoms with Crippen molar-refractivity contribution in [3.8, 4) is 0 Å². The maximum atomic E-state index is 12.6. The van der Waals surface area contributed by atoms with Crippen LogP contribution in [-0.4, -0.2) is 40.0 Å². The van der Waals surface area contributed by atoms with Crippen LogP contribution in [0.1, 0.15) is 56.7 Å². The number of carbonyl (C=O) groups is 2. The third kappa shape index (κ3) is 5.84. The molecule has 1 heterocycles. The van der Waals surface area contributed by atoms with Gasteiger partial charge >= 0.3 is 12.1 Å². The second-order valence-corrected chi connectivity index (χ2v) is 7.13. The summed E-state index contributed by atoms with van der Waals surface area (Å²) in [6.45, 7) is 8.63. The van der Waals surface area contributed by atoms with Crippen molar-refractivity contribution in [3.05, 3.63) is 54.1 Å². The lowest BCUT2D eigenvalue weighted by molar-refractivity contribution is -0.0482. The zero-order chi connectivity index (χ0) is 20.0. The molecular weight excluding hydrogens is 348 g/mol. The highest BCUT2D eigenvalue weighted by Crippen LogP contribution is 2.21. The van der Waals surface area contributed by atoms with Crippen molar-refractivity contribution in [2.45, 2.75) is 52.4 Å². The highest BCUT2D eigenvalue weighted by atomic mass is 16.7. The Kier molecular flexibility index (Phi) is 6.60. The third-order valence-electron chi connectivity index (χ3n) is 3.81. The molecule has 27 heavy (non-hydrogen) atoms. The van der Waals surface area contributed by atoms with E-state index in [1.165, 1.54) is 6.20 Å². The molecule has 0 bridgehead atoms. The van der Waals surface area contributed by atoms with Gasteiger partial charge in [0.25, 0.3) is 0 Å². The van der Waals surface area contributed by atoms with Crippen molar-refractivity contribution in [3.63, 3.8) is 0 Å². The fourth-order valence-electron chi connectivity index (χ4n) is 2.46. The molecule has 0 amide bonds. The highest BCUT2D eigenvalue weighted by molar-refractivity contribution is 5.87. The van der Waals surface area contributed by atoms with Crippen LogP contribution in [0.3, 0.4) is 0 Å². The summed E-state index contributed by atoms with van der Waals surface area (Å²) in [5.41, 5.74) is 0.353. The fourth-order valence-corrected chi connectivity index (χ4v) is 2.46.